The van der Waals surface area contributed by atoms with E-state index in [-0.39, 0.29) is 0 Å². The fourth-order valence-electron chi connectivity index (χ4n) is 1.07. The topological polar surface area (TPSA) is 67.3 Å². The Kier molecular flexibility index (Phi) is 7.39. The van der Waals surface area contributed by atoms with E-state index in [4.69, 9.17) is 11.5 Å². The molecule has 74 valence electrons. The molecule has 0 fully saturated rings. The Labute approximate surface area is 75.3 Å². The lowest BCUT2D eigenvalue weighted by molar-refractivity contribution is 0.235. The highest BCUT2D eigenvalue weighted by Crippen LogP contribution is 1.93. The van der Waals surface area contributed by atoms with Crippen molar-refractivity contribution in [2.45, 2.75) is 19.0 Å². The second-order valence-electron chi connectivity index (χ2n) is 3.15. The molecule has 0 radical (unpaired) electrons. The van der Waals surface area contributed by atoms with Crippen LogP contribution in [0.15, 0.2) is 0 Å². The van der Waals surface area contributed by atoms with E-state index < -0.39 is 0 Å². The van der Waals surface area contributed by atoms with Crippen molar-refractivity contribution >= 4 is 0 Å². The van der Waals surface area contributed by atoms with Gasteiger partial charge in [-0.3, -0.25) is 4.90 Å². The number of nitrogens with zero attached hydrogens (tertiary/aromatic N) is 1. The lowest BCUT2D eigenvalue weighted by atomic mass is 10.3. The summed E-state index contributed by atoms with van der Waals surface area (Å²) < 4.78 is 0. The summed E-state index contributed by atoms with van der Waals surface area (Å²) in [5.41, 5.74) is 10.9. The summed E-state index contributed by atoms with van der Waals surface area (Å²) in [6, 6.07) is 0. The normalized spacial score (nSPS) is 13.8. The molecule has 0 aliphatic rings. The predicted octanol–water partition coefficient (Wildman–Crippen LogP) is -0.839. The monoisotopic (exact) mass is 174 g/mol. The third-order valence-electron chi connectivity index (χ3n) is 1.82. The van der Waals surface area contributed by atoms with Gasteiger partial charge in [-0.1, -0.05) is 0 Å². The molecule has 0 amide bonds. The van der Waals surface area contributed by atoms with Crippen LogP contribution in [0, 0.1) is 0 Å². The van der Waals surface area contributed by atoms with E-state index in [1.54, 1.807) is 0 Å². The van der Waals surface area contributed by atoms with Gasteiger partial charge in [0.1, 0.15) is 0 Å². The van der Waals surface area contributed by atoms with Crippen LogP contribution in [-0.4, -0.2) is 44.8 Å². The minimum absolute atomic E-state index is 0.390. The van der Waals surface area contributed by atoms with Gasteiger partial charge in [-0.05, 0) is 46.6 Å². The Morgan fingerprint density at radius 3 is 2.33 bits per heavy atom. The molecule has 12 heavy (non-hydrogen) atoms. The van der Waals surface area contributed by atoms with E-state index in [2.05, 4.69) is 24.3 Å². The lowest BCUT2D eigenvalue weighted by Crippen LogP contribution is -2.43. The van der Waals surface area contributed by atoms with Crippen molar-refractivity contribution in [1.29, 1.82) is 0 Å². The molecule has 0 bridgehead atoms. The predicted molar refractivity (Wildman–Crippen MR) is 52.8 cm³/mol. The van der Waals surface area contributed by atoms with E-state index in [1.807, 2.05) is 0 Å². The third kappa shape index (κ3) is 5.49. The molecule has 0 spiro atoms. The molecule has 1 unspecified atom stereocenters. The number of nitrogens with one attached hydrogen (secondary N) is 1. The quantitative estimate of drug-likeness (QED) is 0.348. The summed E-state index contributed by atoms with van der Waals surface area (Å²) in [5.74, 6) is 0. The minimum atomic E-state index is 0.390. The third-order valence-corrected chi connectivity index (χ3v) is 1.82. The molecule has 0 aromatic rings. The van der Waals surface area contributed by atoms with Crippen LogP contribution < -0.4 is 16.8 Å². The largest absolute Gasteiger partial charge is 0.330 e. The van der Waals surface area contributed by atoms with Crippen LogP contribution in [0.25, 0.3) is 0 Å². The van der Waals surface area contributed by atoms with Crippen LogP contribution in [0.4, 0.5) is 0 Å². The van der Waals surface area contributed by atoms with Gasteiger partial charge in [-0.15, -0.1) is 0 Å². The summed E-state index contributed by atoms with van der Waals surface area (Å²) in [7, 11) is 4.10. The van der Waals surface area contributed by atoms with Crippen LogP contribution in [0.1, 0.15) is 12.8 Å². The van der Waals surface area contributed by atoms with Gasteiger partial charge in [-0.25, -0.2) is 0 Å². The van der Waals surface area contributed by atoms with Crippen molar-refractivity contribution in [3.63, 3.8) is 0 Å². The summed E-state index contributed by atoms with van der Waals surface area (Å²) in [4.78, 5) is 2.14. The van der Waals surface area contributed by atoms with Gasteiger partial charge in [0.05, 0.1) is 6.17 Å². The zero-order chi connectivity index (χ0) is 9.40. The van der Waals surface area contributed by atoms with Gasteiger partial charge < -0.3 is 16.8 Å². The molecule has 5 N–H and O–H groups in total. The molecule has 1 atom stereocenters. The van der Waals surface area contributed by atoms with Gasteiger partial charge in [0.2, 0.25) is 0 Å². The Balaban J connectivity index is 3.49. The van der Waals surface area contributed by atoms with Crippen molar-refractivity contribution in [3.8, 4) is 0 Å². The SMILES string of the molecule is CN(C)C(CCN)NCCCN. The van der Waals surface area contributed by atoms with Crippen molar-refractivity contribution < 1.29 is 0 Å². The fraction of sp³-hybridized carbons (Fsp3) is 1.00. The Bertz CT molecular complexity index is 95.1. The first-order valence-corrected chi connectivity index (χ1v) is 4.52. The summed E-state index contributed by atoms with van der Waals surface area (Å²) in [5, 5.41) is 3.39. The highest BCUT2D eigenvalue weighted by Gasteiger charge is 2.07. The molecule has 0 aliphatic heterocycles. The zero-order valence-corrected chi connectivity index (χ0v) is 8.21. The molecule has 0 aliphatic carbocycles. The van der Waals surface area contributed by atoms with Crippen LogP contribution in [0.3, 0.4) is 0 Å². The number of nitrogens with two attached hydrogens (primary N) is 2. The number of rotatable bonds is 7. The van der Waals surface area contributed by atoms with E-state index >= 15 is 0 Å². The Hall–Kier alpha value is -0.160. The highest BCUT2D eigenvalue weighted by atomic mass is 15.2. The van der Waals surface area contributed by atoms with Crippen LogP contribution in [0.2, 0.25) is 0 Å². The lowest BCUT2D eigenvalue weighted by Gasteiger charge is -2.24. The second kappa shape index (κ2) is 7.49. The van der Waals surface area contributed by atoms with E-state index in [0.717, 1.165) is 32.5 Å². The van der Waals surface area contributed by atoms with Crippen molar-refractivity contribution in [2.24, 2.45) is 11.5 Å². The molecular weight excluding hydrogens is 152 g/mol. The van der Waals surface area contributed by atoms with E-state index in [0.29, 0.717) is 6.17 Å². The second-order valence-corrected chi connectivity index (χ2v) is 3.15. The fourth-order valence-corrected chi connectivity index (χ4v) is 1.07. The van der Waals surface area contributed by atoms with Gasteiger partial charge in [0.15, 0.2) is 0 Å². The molecular formula is C8H22N4. The van der Waals surface area contributed by atoms with Crippen LogP contribution >= 0.6 is 0 Å². The highest BCUT2D eigenvalue weighted by molar-refractivity contribution is 4.64. The number of hydrogen-bond acceptors (Lipinski definition) is 4. The summed E-state index contributed by atoms with van der Waals surface area (Å²) in [6.07, 6.45) is 2.40. The van der Waals surface area contributed by atoms with Gasteiger partial charge >= 0.3 is 0 Å². The standard InChI is InChI=1S/C8H22N4/c1-12(2)8(4-6-10)11-7-3-5-9/h8,11H,3-7,9-10H2,1-2H3. The zero-order valence-electron chi connectivity index (χ0n) is 8.21. The van der Waals surface area contributed by atoms with Gasteiger partial charge in [-0.2, -0.15) is 0 Å². The maximum absolute atomic E-state index is 5.48. The first-order chi connectivity index (χ1) is 5.72. The van der Waals surface area contributed by atoms with Crippen LogP contribution in [-0.2, 0) is 0 Å². The van der Waals surface area contributed by atoms with Crippen molar-refractivity contribution in [2.75, 3.05) is 33.7 Å². The molecule has 0 saturated carbocycles. The number of hydrogen-bond donors (Lipinski definition) is 3. The first-order valence-electron chi connectivity index (χ1n) is 4.52. The van der Waals surface area contributed by atoms with Crippen LogP contribution in [0.5, 0.6) is 0 Å². The molecule has 0 aromatic carbocycles. The molecule has 0 rings (SSSR count). The average molecular weight is 174 g/mol. The maximum atomic E-state index is 5.48. The van der Waals surface area contributed by atoms with E-state index in [1.165, 1.54) is 0 Å². The minimum Gasteiger partial charge on any atom is -0.330 e. The molecule has 0 heterocycles. The van der Waals surface area contributed by atoms with Gasteiger partial charge in [0.25, 0.3) is 0 Å². The smallest absolute Gasteiger partial charge is 0.0604 e. The van der Waals surface area contributed by atoms with Crippen molar-refractivity contribution in [1.82, 2.24) is 10.2 Å². The molecule has 4 heteroatoms. The molecule has 4 nitrogen and oxygen atoms in total. The van der Waals surface area contributed by atoms with E-state index in [9.17, 15) is 0 Å². The Morgan fingerprint density at radius 1 is 1.25 bits per heavy atom. The molecule has 0 saturated heterocycles. The average Bonchev–Trinajstić information content (AvgIpc) is 2.03. The van der Waals surface area contributed by atoms with Crippen molar-refractivity contribution in [3.05, 3.63) is 0 Å². The Morgan fingerprint density at radius 2 is 1.92 bits per heavy atom. The van der Waals surface area contributed by atoms with Gasteiger partial charge in [0, 0.05) is 0 Å². The molecule has 0 aromatic heterocycles. The maximum Gasteiger partial charge on any atom is 0.0604 e. The summed E-state index contributed by atoms with van der Waals surface area (Å²) >= 11 is 0. The first kappa shape index (κ1) is 11.8. The summed E-state index contributed by atoms with van der Waals surface area (Å²) in [6.45, 7) is 2.44.